The fraction of sp³-hybridized carbons (Fsp3) is 0.467. The number of likely N-dealkylation sites (tertiary alicyclic amines) is 1. The monoisotopic (exact) mass is 231 g/mol. The third kappa shape index (κ3) is 2.28. The van der Waals surface area contributed by atoms with E-state index in [1.54, 1.807) is 0 Å². The molecule has 2 atom stereocenters. The van der Waals surface area contributed by atoms with Crippen LogP contribution in [-0.2, 0) is 6.54 Å². The van der Waals surface area contributed by atoms with Crippen LogP contribution >= 0.6 is 0 Å². The SMILES string of the molecule is C=C(C)C1(O)CCN(Cc2ccccc2)C1C. The lowest BCUT2D eigenvalue weighted by molar-refractivity contribution is 0.0430. The van der Waals surface area contributed by atoms with Crippen LogP contribution in [0.25, 0.3) is 0 Å². The Hall–Kier alpha value is -1.12. The molecule has 0 bridgehead atoms. The van der Waals surface area contributed by atoms with E-state index in [4.69, 9.17) is 0 Å². The molecule has 2 heteroatoms. The number of rotatable bonds is 3. The van der Waals surface area contributed by atoms with Gasteiger partial charge in [-0.05, 0) is 31.4 Å². The first-order valence-corrected chi connectivity index (χ1v) is 6.20. The largest absolute Gasteiger partial charge is 0.384 e. The quantitative estimate of drug-likeness (QED) is 0.808. The summed E-state index contributed by atoms with van der Waals surface area (Å²) in [6, 6.07) is 10.5. The second-order valence-corrected chi connectivity index (χ2v) is 5.09. The van der Waals surface area contributed by atoms with Crippen LogP contribution in [0.1, 0.15) is 25.8 Å². The lowest BCUT2D eigenvalue weighted by Crippen LogP contribution is -2.42. The average molecular weight is 231 g/mol. The van der Waals surface area contributed by atoms with Gasteiger partial charge in [-0.3, -0.25) is 4.90 Å². The molecule has 92 valence electrons. The highest BCUT2D eigenvalue weighted by atomic mass is 16.3. The van der Waals surface area contributed by atoms with Crippen molar-refractivity contribution in [3.63, 3.8) is 0 Å². The number of nitrogens with zero attached hydrogens (tertiary/aromatic N) is 1. The Morgan fingerprint density at radius 2 is 2.12 bits per heavy atom. The maximum absolute atomic E-state index is 10.5. The smallest absolute Gasteiger partial charge is 0.101 e. The summed E-state index contributed by atoms with van der Waals surface area (Å²) in [5.41, 5.74) is 1.46. The maximum atomic E-state index is 10.5. The molecule has 1 N–H and O–H groups in total. The summed E-state index contributed by atoms with van der Waals surface area (Å²) in [6.45, 7) is 9.76. The normalized spacial score (nSPS) is 29.5. The van der Waals surface area contributed by atoms with E-state index in [-0.39, 0.29) is 6.04 Å². The summed E-state index contributed by atoms with van der Waals surface area (Å²) < 4.78 is 0. The highest BCUT2D eigenvalue weighted by molar-refractivity contribution is 5.20. The lowest BCUT2D eigenvalue weighted by Gasteiger charge is -2.32. The molecule has 1 aliphatic rings. The van der Waals surface area contributed by atoms with Gasteiger partial charge in [0.1, 0.15) is 5.60 Å². The molecule has 2 rings (SSSR count). The molecule has 0 aromatic heterocycles. The van der Waals surface area contributed by atoms with Crippen LogP contribution in [0.3, 0.4) is 0 Å². The molecule has 2 nitrogen and oxygen atoms in total. The molecule has 0 radical (unpaired) electrons. The van der Waals surface area contributed by atoms with E-state index >= 15 is 0 Å². The summed E-state index contributed by atoms with van der Waals surface area (Å²) in [6.07, 6.45) is 0.788. The fourth-order valence-electron chi connectivity index (χ4n) is 2.62. The molecule has 1 fully saturated rings. The molecule has 0 spiro atoms. The van der Waals surface area contributed by atoms with Gasteiger partial charge in [0.2, 0.25) is 0 Å². The number of hydrogen-bond donors (Lipinski definition) is 1. The van der Waals surface area contributed by atoms with Gasteiger partial charge in [0.15, 0.2) is 0 Å². The van der Waals surface area contributed by atoms with Gasteiger partial charge in [-0.15, -0.1) is 0 Å². The van der Waals surface area contributed by atoms with Gasteiger partial charge in [-0.25, -0.2) is 0 Å². The van der Waals surface area contributed by atoms with E-state index in [0.717, 1.165) is 25.1 Å². The molecule has 17 heavy (non-hydrogen) atoms. The van der Waals surface area contributed by atoms with Crippen molar-refractivity contribution in [1.82, 2.24) is 4.90 Å². The molecule has 1 heterocycles. The Kier molecular flexibility index (Phi) is 3.36. The van der Waals surface area contributed by atoms with E-state index in [0.29, 0.717) is 0 Å². The van der Waals surface area contributed by atoms with Crippen molar-refractivity contribution < 1.29 is 5.11 Å². The van der Waals surface area contributed by atoms with Crippen molar-refractivity contribution in [2.75, 3.05) is 6.54 Å². The van der Waals surface area contributed by atoms with Gasteiger partial charge in [-0.2, -0.15) is 0 Å². The van der Waals surface area contributed by atoms with Crippen LogP contribution in [0.2, 0.25) is 0 Å². The molecule has 1 aromatic rings. The van der Waals surface area contributed by atoms with Crippen LogP contribution in [0.4, 0.5) is 0 Å². The Labute approximate surface area is 104 Å². The summed E-state index contributed by atoms with van der Waals surface area (Å²) in [5, 5.41) is 10.5. The van der Waals surface area contributed by atoms with Crippen LogP contribution < -0.4 is 0 Å². The third-order valence-corrected chi connectivity index (χ3v) is 3.99. The molecular formula is C15H21NO. The molecule has 0 amide bonds. The van der Waals surface area contributed by atoms with Gasteiger partial charge in [0.25, 0.3) is 0 Å². The minimum Gasteiger partial charge on any atom is -0.384 e. The zero-order valence-corrected chi connectivity index (χ0v) is 10.7. The molecule has 1 saturated heterocycles. The van der Waals surface area contributed by atoms with Gasteiger partial charge >= 0.3 is 0 Å². The van der Waals surface area contributed by atoms with E-state index < -0.39 is 5.60 Å². The molecule has 0 aliphatic carbocycles. The van der Waals surface area contributed by atoms with Crippen molar-refractivity contribution in [3.8, 4) is 0 Å². The first kappa shape index (κ1) is 12.3. The van der Waals surface area contributed by atoms with E-state index in [1.807, 2.05) is 13.0 Å². The Morgan fingerprint density at radius 3 is 2.65 bits per heavy atom. The minimum atomic E-state index is -0.714. The van der Waals surface area contributed by atoms with Gasteiger partial charge in [0.05, 0.1) is 0 Å². The molecular weight excluding hydrogens is 210 g/mol. The predicted octanol–water partition coefficient (Wildman–Crippen LogP) is 2.59. The van der Waals surface area contributed by atoms with Gasteiger partial charge < -0.3 is 5.11 Å². The lowest BCUT2D eigenvalue weighted by atomic mass is 9.89. The van der Waals surface area contributed by atoms with Crippen molar-refractivity contribution in [3.05, 3.63) is 48.0 Å². The Bertz CT molecular complexity index is 401. The molecule has 2 unspecified atom stereocenters. The molecule has 0 saturated carbocycles. The van der Waals surface area contributed by atoms with E-state index in [1.165, 1.54) is 5.56 Å². The van der Waals surface area contributed by atoms with Crippen LogP contribution in [0, 0.1) is 0 Å². The van der Waals surface area contributed by atoms with Crippen LogP contribution in [0.15, 0.2) is 42.5 Å². The summed E-state index contributed by atoms with van der Waals surface area (Å²) >= 11 is 0. The number of hydrogen-bond acceptors (Lipinski definition) is 2. The van der Waals surface area contributed by atoms with E-state index in [9.17, 15) is 5.11 Å². The second-order valence-electron chi connectivity index (χ2n) is 5.09. The standard InChI is InChI=1S/C15H21NO/c1-12(2)15(17)9-10-16(13(15)3)11-14-7-5-4-6-8-14/h4-8,13,17H,1,9-11H2,2-3H3. The maximum Gasteiger partial charge on any atom is 0.101 e. The second kappa shape index (κ2) is 4.63. The Morgan fingerprint density at radius 1 is 1.47 bits per heavy atom. The third-order valence-electron chi connectivity index (χ3n) is 3.99. The summed E-state index contributed by atoms with van der Waals surface area (Å²) in [7, 11) is 0. The first-order valence-electron chi connectivity index (χ1n) is 6.20. The topological polar surface area (TPSA) is 23.5 Å². The predicted molar refractivity (Wildman–Crippen MR) is 70.7 cm³/mol. The number of benzene rings is 1. The minimum absolute atomic E-state index is 0.139. The van der Waals surface area contributed by atoms with Crippen LogP contribution in [-0.4, -0.2) is 28.2 Å². The van der Waals surface area contributed by atoms with E-state index in [2.05, 4.69) is 42.7 Å². The number of aliphatic hydroxyl groups is 1. The zero-order chi connectivity index (χ0) is 12.5. The van der Waals surface area contributed by atoms with Crippen LogP contribution in [0.5, 0.6) is 0 Å². The molecule has 1 aliphatic heterocycles. The van der Waals surface area contributed by atoms with Gasteiger partial charge in [0, 0.05) is 19.1 Å². The highest BCUT2D eigenvalue weighted by Gasteiger charge is 2.43. The average Bonchev–Trinajstić information content (AvgIpc) is 2.60. The molecule has 1 aromatic carbocycles. The first-order chi connectivity index (χ1) is 8.04. The van der Waals surface area contributed by atoms with Crippen molar-refractivity contribution in [2.24, 2.45) is 0 Å². The Balaban J connectivity index is 2.08. The fourth-order valence-corrected chi connectivity index (χ4v) is 2.62. The van der Waals surface area contributed by atoms with Gasteiger partial charge in [-0.1, -0.05) is 36.9 Å². The summed E-state index contributed by atoms with van der Waals surface area (Å²) in [5.74, 6) is 0. The zero-order valence-electron chi connectivity index (χ0n) is 10.7. The van der Waals surface area contributed by atoms with Crippen molar-refractivity contribution in [2.45, 2.75) is 38.5 Å². The highest BCUT2D eigenvalue weighted by Crippen LogP contribution is 2.34. The van der Waals surface area contributed by atoms with Crippen molar-refractivity contribution in [1.29, 1.82) is 0 Å². The summed E-state index contributed by atoms with van der Waals surface area (Å²) in [4.78, 5) is 2.32. The van der Waals surface area contributed by atoms with Crippen molar-refractivity contribution >= 4 is 0 Å².